The predicted molar refractivity (Wildman–Crippen MR) is 63.4 cm³/mol. The molecule has 0 bridgehead atoms. The van der Waals surface area contributed by atoms with Gasteiger partial charge in [-0.15, -0.1) is 0 Å². The van der Waals surface area contributed by atoms with Gasteiger partial charge in [0.05, 0.1) is 0 Å². The Labute approximate surface area is 89.2 Å². The lowest BCUT2D eigenvalue weighted by molar-refractivity contribution is -0.310. The maximum absolute atomic E-state index is 6.13. The second kappa shape index (κ2) is 3.09. The minimum atomic E-state index is 0.847. The summed E-state index contributed by atoms with van der Waals surface area (Å²) in [4.78, 5) is 3.37. The van der Waals surface area contributed by atoms with Gasteiger partial charge < -0.3 is 0 Å². The summed E-state index contributed by atoms with van der Waals surface area (Å²) < 4.78 is 0. The van der Waals surface area contributed by atoms with E-state index in [1.54, 1.807) is 0 Å². The zero-order valence-corrected chi connectivity index (χ0v) is 8.20. The summed E-state index contributed by atoms with van der Waals surface area (Å²) in [6.45, 7) is 0. The van der Waals surface area contributed by atoms with Crippen LogP contribution in [0.5, 0.6) is 0 Å². The first-order valence-electron chi connectivity index (χ1n) is 4.94. The Morgan fingerprint density at radius 2 is 1.20 bits per heavy atom. The van der Waals surface area contributed by atoms with Crippen molar-refractivity contribution in [3.05, 3.63) is 48.5 Å². The zero-order valence-electron chi connectivity index (χ0n) is 8.20. The van der Waals surface area contributed by atoms with Gasteiger partial charge in [-0.25, -0.2) is 4.98 Å². The third-order valence-electron chi connectivity index (χ3n) is 2.70. The van der Waals surface area contributed by atoms with Crippen molar-refractivity contribution >= 4 is 35.1 Å². The number of hydrogen-bond acceptors (Lipinski definition) is 0. The van der Waals surface area contributed by atoms with E-state index in [1.165, 1.54) is 0 Å². The number of para-hydroxylation sites is 2. The number of H-pyrrole nitrogens is 1. The summed E-state index contributed by atoms with van der Waals surface area (Å²) >= 11 is 0. The Morgan fingerprint density at radius 3 is 1.73 bits per heavy atom. The number of aromatic amines is 1. The van der Waals surface area contributed by atoms with E-state index in [-0.39, 0.29) is 0 Å². The third-order valence-corrected chi connectivity index (χ3v) is 2.70. The lowest BCUT2D eigenvalue weighted by Crippen LogP contribution is -2.15. The Bertz CT molecular complexity index is 592. The van der Waals surface area contributed by atoms with Gasteiger partial charge in [0.1, 0.15) is 7.85 Å². The second-order valence-corrected chi connectivity index (χ2v) is 3.63. The maximum atomic E-state index is 6.13. The quantitative estimate of drug-likeness (QED) is 0.377. The highest BCUT2D eigenvalue weighted by Crippen LogP contribution is 2.12. The van der Waals surface area contributed by atoms with Crippen LogP contribution in [0.25, 0.3) is 21.8 Å². The Balaban J connectivity index is 2.60. The Hall–Kier alpha value is -1.83. The normalized spacial score (nSPS) is 10.9. The van der Waals surface area contributed by atoms with Crippen LogP contribution in [0.2, 0.25) is 0 Å². The van der Waals surface area contributed by atoms with Crippen molar-refractivity contribution in [2.75, 3.05) is 0 Å². The number of rotatable bonds is 0. The Kier molecular flexibility index (Phi) is 1.75. The van der Waals surface area contributed by atoms with Gasteiger partial charge in [0.15, 0.2) is 0 Å². The van der Waals surface area contributed by atoms with E-state index in [4.69, 9.17) is 7.85 Å². The first kappa shape index (κ1) is 8.48. The van der Waals surface area contributed by atoms with Crippen LogP contribution >= 0.6 is 0 Å². The minimum Gasteiger partial charge on any atom is -0.204 e. The van der Waals surface area contributed by atoms with Gasteiger partial charge in [-0.05, 0) is 12.1 Å². The molecule has 0 saturated heterocycles. The van der Waals surface area contributed by atoms with Crippen molar-refractivity contribution < 1.29 is 4.98 Å². The number of nitrogens with one attached hydrogen (secondary N) is 1. The monoisotopic (exact) mass is 190 g/mol. The highest BCUT2D eigenvalue weighted by atomic mass is 14.7. The lowest BCUT2D eigenvalue weighted by Gasteiger charge is -2.01. The molecular weight excluding hydrogens is 181 g/mol. The average Bonchev–Trinajstić information content (AvgIpc) is 2.30. The molecule has 0 aliphatic carbocycles. The largest absolute Gasteiger partial charge is 0.210 e. The first-order valence-corrected chi connectivity index (χ1v) is 4.94. The number of fused-ring (bicyclic) bond motifs is 2. The third kappa shape index (κ3) is 1.22. The molecule has 1 N–H and O–H groups in total. The van der Waals surface area contributed by atoms with Gasteiger partial charge in [-0.2, -0.15) is 0 Å². The number of pyridine rings is 1. The van der Waals surface area contributed by atoms with E-state index in [0.29, 0.717) is 0 Å². The molecule has 2 heteroatoms. The lowest BCUT2D eigenvalue weighted by atomic mass is 9.88. The van der Waals surface area contributed by atoms with Crippen molar-refractivity contribution in [2.45, 2.75) is 0 Å². The van der Waals surface area contributed by atoms with Crippen molar-refractivity contribution in [1.82, 2.24) is 0 Å². The molecule has 0 spiro atoms. The molecule has 2 aromatic carbocycles. The minimum absolute atomic E-state index is 0.847. The van der Waals surface area contributed by atoms with E-state index in [1.807, 2.05) is 48.5 Å². The molecule has 1 nitrogen and oxygen atoms in total. The smallest absolute Gasteiger partial charge is 0.204 e. The van der Waals surface area contributed by atoms with E-state index in [0.717, 1.165) is 27.3 Å². The van der Waals surface area contributed by atoms with E-state index < -0.39 is 0 Å². The standard InChI is InChI=1S/C13H8BN/c14-13-9-5-1-3-7-11(9)15-12-8-4-2-6-10(12)13/h1-8H/p+1. The molecule has 1 heterocycles. The molecule has 2 radical (unpaired) electrons. The summed E-state index contributed by atoms with van der Waals surface area (Å²) in [5.41, 5.74) is 3.00. The number of benzene rings is 2. The van der Waals surface area contributed by atoms with Crippen LogP contribution in [0.1, 0.15) is 0 Å². The van der Waals surface area contributed by atoms with Crippen LogP contribution in [-0.4, -0.2) is 7.85 Å². The maximum Gasteiger partial charge on any atom is 0.210 e. The average molecular weight is 190 g/mol. The highest BCUT2D eigenvalue weighted by molar-refractivity contribution is 6.44. The van der Waals surface area contributed by atoms with Gasteiger partial charge in [0.25, 0.3) is 0 Å². The van der Waals surface area contributed by atoms with E-state index in [9.17, 15) is 0 Å². The number of hydrogen-bond donors (Lipinski definition) is 0. The van der Waals surface area contributed by atoms with E-state index >= 15 is 0 Å². The zero-order chi connectivity index (χ0) is 10.3. The van der Waals surface area contributed by atoms with Crippen molar-refractivity contribution in [1.29, 1.82) is 0 Å². The predicted octanol–water partition coefficient (Wildman–Crippen LogP) is 1.60. The molecule has 0 aliphatic heterocycles. The van der Waals surface area contributed by atoms with E-state index in [2.05, 4.69) is 4.98 Å². The van der Waals surface area contributed by atoms with Gasteiger partial charge in [0.2, 0.25) is 11.0 Å². The van der Waals surface area contributed by atoms with Gasteiger partial charge in [0, 0.05) is 22.9 Å². The van der Waals surface area contributed by atoms with Crippen LogP contribution in [0.15, 0.2) is 48.5 Å². The molecule has 3 aromatic rings. The summed E-state index contributed by atoms with van der Waals surface area (Å²) in [5.74, 6) is 0. The van der Waals surface area contributed by atoms with Gasteiger partial charge in [-0.1, -0.05) is 29.7 Å². The summed E-state index contributed by atoms with van der Waals surface area (Å²) in [5, 5.41) is 2.16. The molecule has 15 heavy (non-hydrogen) atoms. The molecule has 3 rings (SSSR count). The molecule has 0 fully saturated rings. The fraction of sp³-hybridized carbons (Fsp3) is 0. The second-order valence-electron chi connectivity index (χ2n) is 3.63. The molecule has 0 unspecified atom stereocenters. The highest BCUT2D eigenvalue weighted by Gasteiger charge is 2.08. The Morgan fingerprint density at radius 1 is 0.733 bits per heavy atom. The van der Waals surface area contributed by atoms with Crippen molar-refractivity contribution in [2.24, 2.45) is 0 Å². The van der Waals surface area contributed by atoms with Crippen LogP contribution < -0.4 is 10.4 Å². The number of aromatic nitrogens is 1. The topological polar surface area (TPSA) is 14.1 Å². The molecular formula is C13H9BN+. The van der Waals surface area contributed by atoms with Gasteiger partial charge >= 0.3 is 0 Å². The SMILES string of the molecule is [B]c1c2ccccc2[nH+]c2ccccc12. The fourth-order valence-corrected chi connectivity index (χ4v) is 1.94. The van der Waals surface area contributed by atoms with Crippen molar-refractivity contribution in [3.63, 3.8) is 0 Å². The molecule has 0 aliphatic rings. The first-order chi connectivity index (χ1) is 7.36. The molecule has 68 valence electrons. The van der Waals surface area contributed by atoms with Crippen LogP contribution in [0, 0.1) is 0 Å². The van der Waals surface area contributed by atoms with Crippen molar-refractivity contribution in [3.8, 4) is 0 Å². The summed E-state index contributed by atoms with van der Waals surface area (Å²) in [6.07, 6.45) is 0. The van der Waals surface area contributed by atoms with Gasteiger partial charge in [-0.3, -0.25) is 0 Å². The molecule has 0 atom stereocenters. The molecule has 1 aromatic heterocycles. The van der Waals surface area contributed by atoms with Crippen LogP contribution in [0.3, 0.4) is 0 Å². The molecule has 0 amide bonds. The summed E-state index contributed by atoms with van der Waals surface area (Å²) in [7, 11) is 6.13. The van der Waals surface area contributed by atoms with Crippen LogP contribution in [0.4, 0.5) is 0 Å². The summed E-state index contributed by atoms with van der Waals surface area (Å²) in [6, 6.07) is 16.2. The molecule has 0 saturated carbocycles. The fourth-order valence-electron chi connectivity index (χ4n) is 1.94. The van der Waals surface area contributed by atoms with Crippen LogP contribution in [-0.2, 0) is 0 Å².